The van der Waals surface area contributed by atoms with Crippen LogP contribution in [0.25, 0.3) is 10.9 Å². The van der Waals surface area contributed by atoms with Crippen molar-refractivity contribution in [3.05, 3.63) is 64.7 Å². The Labute approximate surface area is 148 Å². The van der Waals surface area contributed by atoms with E-state index in [9.17, 15) is 19.5 Å². The highest BCUT2D eigenvalue weighted by Crippen LogP contribution is 2.34. The van der Waals surface area contributed by atoms with Crippen LogP contribution in [-0.4, -0.2) is 27.1 Å². The summed E-state index contributed by atoms with van der Waals surface area (Å²) in [6.45, 7) is 2.67. The zero-order chi connectivity index (χ0) is 19.0. The van der Waals surface area contributed by atoms with Gasteiger partial charge in [-0.2, -0.15) is 5.26 Å². The molecule has 0 radical (unpaired) electrons. The zero-order valence-corrected chi connectivity index (χ0v) is 14.1. The molecule has 128 valence electrons. The molecule has 0 aliphatic carbocycles. The van der Waals surface area contributed by atoms with Gasteiger partial charge in [-0.3, -0.25) is 19.0 Å². The fourth-order valence-electron chi connectivity index (χ4n) is 2.88. The Bertz CT molecular complexity index is 1120. The van der Waals surface area contributed by atoms with Gasteiger partial charge in [0, 0.05) is 23.4 Å². The first-order valence-corrected chi connectivity index (χ1v) is 7.79. The molecule has 1 N–H and O–H groups in total. The van der Waals surface area contributed by atoms with Crippen LogP contribution in [-0.2, 0) is 0 Å². The smallest absolute Gasteiger partial charge is 0.230 e. The standard InChI is InChI=1S/C20H14N2O4/c1-11(23)15-7-8-17-16(9-15)18(20(26)22(17)12(2)24)19(25)14-5-3-13(10-21)4-6-14/h3-9,26H,1-2H3. The van der Waals surface area contributed by atoms with E-state index in [0.717, 1.165) is 4.57 Å². The molecule has 1 heterocycles. The normalized spacial score (nSPS) is 10.5. The molecular formula is C20H14N2O4. The SMILES string of the molecule is CC(=O)c1ccc2c(c1)c(C(=O)c1ccc(C#N)cc1)c(O)n2C(C)=O. The van der Waals surface area contributed by atoms with Gasteiger partial charge < -0.3 is 5.11 Å². The van der Waals surface area contributed by atoms with Crippen LogP contribution in [0.4, 0.5) is 0 Å². The Morgan fingerprint density at radius 2 is 1.62 bits per heavy atom. The number of nitrogens with zero attached hydrogens (tertiary/aromatic N) is 2. The number of carbonyl (C=O) groups is 3. The molecule has 0 saturated heterocycles. The third-order valence-corrected chi connectivity index (χ3v) is 4.17. The maximum Gasteiger partial charge on any atom is 0.230 e. The third-order valence-electron chi connectivity index (χ3n) is 4.17. The first-order chi connectivity index (χ1) is 12.3. The summed E-state index contributed by atoms with van der Waals surface area (Å²) >= 11 is 0. The van der Waals surface area contributed by atoms with Gasteiger partial charge in [0.25, 0.3) is 0 Å². The molecule has 0 saturated carbocycles. The number of aromatic nitrogens is 1. The summed E-state index contributed by atoms with van der Waals surface area (Å²) in [5.74, 6) is -1.62. The number of Topliss-reactive ketones (excluding diaryl/α,β-unsaturated/α-hetero) is 1. The molecule has 0 aliphatic rings. The topological polar surface area (TPSA) is 100 Å². The van der Waals surface area contributed by atoms with Crippen LogP contribution < -0.4 is 0 Å². The average molecular weight is 346 g/mol. The summed E-state index contributed by atoms with van der Waals surface area (Å²) < 4.78 is 1.04. The largest absolute Gasteiger partial charge is 0.494 e. The number of fused-ring (bicyclic) bond motifs is 1. The van der Waals surface area contributed by atoms with Crippen LogP contribution in [0.1, 0.15) is 50.5 Å². The van der Waals surface area contributed by atoms with Gasteiger partial charge >= 0.3 is 0 Å². The number of ketones is 2. The second-order valence-electron chi connectivity index (χ2n) is 5.86. The van der Waals surface area contributed by atoms with E-state index in [0.29, 0.717) is 22.0 Å². The van der Waals surface area contributed by atoms with Crippen molar-refractivity contribution >= 4 is 28.4 Å². The maximum absolute atomic E-state index is 12.9. The van der Waals surface area contributed by atoms with Gasteiger partial charge in [0.1, 0.15) is 0 Å². The molecule has 6 nitrogen and oxygen atoms in total. The van der Waals surface area contributed by atoms with Crippen molar-refractivity contribution in [2.75, 3.05) is 0 Å². The van der Waals surface area contributed by atoms with Crippen molar-refractivity contribution in [2.45, 2.75) is 13.8 Å². The predicted octanol–water partition coefficient (Wildman–Crippen LogP) is 3.31. The van der Waals surface area contributed by atoms with E-state index in [4.69, 9.17) is 5.26 Å². The molecule has 0 atom stereocenters. The van der Waals surface area contributed by atoms with Gasteiger partial charge in [0.2, 0.25) is 11.8 Å². The van der Waals surface area contributed by atoms with Gasteiger partial charge in [0.15, 0.2) is 11.6 Å². The van der Waals surface area contributed by atoms with Crippen LogP contribution in [0.5, 0.6) is 5.88 Å². The van der Waals surface area contributed by atoms with E-state index in [1.165, 1.54) is 50.2 Å². The Morgan fingerprint density at radius 1 is 1.00 bits per heavy atom. The van der Waals surface area contributed by atoms with Crippen molar-refractivity contribution in [3.8, 4) is 11.9 Å². The summed E-state index contributed by atoms with van der Waals surface area (Å²) in [4.78, 5) is 36.6. The van der Waals surface area contributed by atoms with Crippen molar-refractivity contribution in [1.29, 1.82) is 5.26 Å². The monoisotopic (exact) mass is 346 g/mol. The number of benzene rings is 2. The fourth-order valence-corrected chi connectivity index (χ4v) is 2.88. The van der Waals surface area contributed by atoms with Crippen LogP contribution >= 0.6 is 0 Å². The highest BCUT2D eigenvalue weighted by molar-refractivity contribution is 6.20. The van der Waals surface area contributed by atoms with Crippen molar-refractivity contribution in [3.63, 3.8) is 0 Å². The van der Waals surface area contributed by atoms with E-state index >= 15 is 0 Å². The van der Waals surface area contributed by atoms with Gasteiger partial charge in [-0.15, -0.1) is 0 Å². The molecule has 6 heteroatoms. The number of hydrogen-bond acceptors (Lipinski definition) is 5. The number of rotatable bonds is 3. The van der Waals surface area contributed by atoms with Gasteiger partial charge in [-0.05, 0) is 49.4 Å². The van der Waals surface area contributed by atoms with Crippen molar-refractivity contribution in [1.82, 2.24) is 4.57 Å². The molecule has 1 aromatic heterocycles. The molecule has 0 bridgehead atoms. The van der Waals surface area contributed by atoms with E-state index < -0.39 is 17.6 Å². The average Bonchev–Trinajstić information content (AvgIpc) is 2.92. The molecular weight excluding hydrogens is 332 g/mol. The summed E-state index contributed by atoms with van der Waals surface area (Å²) in [6.07, 6.45) is 0. The van der Waals surface area contributed by atoms with Crippen LogP contribution in [0.3, 0.4) is 0 Å². The van der Waals surface area contributed by atoms with Crippen LogP contribution in [0, 0.1) is 11.3 Å². The Morgan fingerprint density at radius 3 is 2.15 bits per heavy atom. The quantitative estimate of drug-likeness (QED) is 0.733. The van der Waals surface area contributed by atoms with E-state index in [-0.39, 0.29) is 16.9 Å². The highest BCUT2D eigenvalue weighted by atomic mass is 16.3. The second kappa shape index (κ2) is 6.30. The molecule has 0 amide bonds. The third kappa shape index (κ3) is 2.66. The molecule has 3 aromatic rings. The van der Waals surface area contributed by atoms with Gasteiger partial charge in [0.05, 0.1) is 22.7 Å². The first kappa shape index (κ1) is 17.1. The summed E-state index contributed by atoms with van der Waals surface area (Å²) in [6, 6.07) is 12.5. The molecule has 0 unspecified atom stereocenters. The number of carbonyl (C=O) groups excluding carboxylic acids is 3. The lowest BCUT2D eigenvalue weighted by molar-refractivity contribution is 0.0932. The summed E-state index contributed by atoms with van der Waals surface area (Å²) in [5, 5.41) is 19.7. The number of nitriles is 1. The molecule has 26 heavy (non-hydrogen) atoms. The number of hydrogen-bond donors (Lipinski definition) is 1. The summed E-state index contributed by atoms with van der Waals surface area (Å²) in [5.41, 5.74) is 1.32. The number of aromatic hydroxyl groups is 1. The first-order valence-electron chi connectivity index (χ1n) is 7.79. The van der Waals surface area contributed by atoms with Crippen molar-refractivity contribution in [2.24, 2.45) is 0 Å². The second-order valence-corrected chi connectivity index (χ2v) is 5.86. The van der Waals surface area contributed by atoms with Crippen LogP contribution in [0.2, 0.25) is 0 Å². The molecule has 2 aromatic carbocycles. The molecule has 0 spiro atoms. The van der Waals surface area contributed by atoms with Gasteiger partial charge in [-0.25, -0.2) is 0 Å². The van der Waals surface area contributed by atoms with E-state index in [2.05, 4.69) is 0 Å². The zero-order valence-electron chi connectivity index (χ0n) is 14.1. The van der Waals surface area contributed by atoms with E-state index in [1.807, 2.05) is 6.07 Å². The lowest BCUT2D eigenvalue weighted by atomic mass is 9.99. The Kier molecular flexibility index (Phi) is 4.15. The lowest BCUT2D eigenvalue weighted by Gasteiger charge is -2.02. The van der Waals surface area contributed by atoms with Crippen LogP contribution in [0.15, 0.2) is 42.5 Å². The minimum Gasteiger partial charge on any atom is -0.494 e. The van der Waals surface area contributed by atoms with Crippen molar-refractivity contribution < 1.29 is 19.5 Å². The fraction of sp³-hybridized carbons (Fsp3) is 0.100. The van der Waals surface area contributed by atoms with E-state index in [1.54, 1.807) is 6.07 Å². The Hall–Kier alpha value is -3.72. The minimum atomic E-state index is -0.502. The highest BCUT2D eigenvalue weighted by Gasteiger charge is 2.25. The predicted molar refractivity (Wildman–Crippen MR) is 94.5 cm³/mol. The minimum absolute atomic E-state index is 0.0528. The summed E-state index contributed by atoms with van der Waals surface area (Å²) in [7, 11) is 0. The molecule has 0 aliphatic heterocycles. The lowest BCUT2D eigenvalue weighted by Crippen LogP contribution is -2.06. The Balaban J connectivity index is 2.29. The maximum atomic E-state index is 12.9. The molecule has 0 fully saturated rings. The molecule has 3 rings (SSSR count). The van der Waals surface area contributed by atoms with Gasteiger partial charge in [-0.1, -0.05) is 0 Å².